The van der Waals surface area contributed by atoms with Crippen molar-refractivity contribution in [2.45, 2.75) is 44.9 Å². The number of esters is 1. The molecule has 0 saturated carbocycles. The molecule has 0 aliphatic heterocycles. The van der Waals surface area contributed by atoms with Crippen LogP contribution in [0.1, 0.15) is 53.2 Å². The van der Waals surface area contributed by atoms with Gasteiger partial charge >= 0.3 is 5.97 Å². The van der Waals surface area contributed by atoms with Gasteiger partial charge in [0.2, 0.25) is 0 Å². The second kappa shape index (κ2) is 13.7. The zero-order valence-electron chi connectivity index (χ0n) is 25.2. The van der Waals surface area contributed by atoms with Crippen LogP contribution >= 0.6 is 11.6 Å². The number of halogens is 1. The Balaban J connectivity index is 1.64. The van der Waals surface area contributed by atoms with Crippen molar-refractivity contribution in [3.05, 3.63) is 64.3 Å². The summed E-state index contributed by atoms with van der Waals surface area (Å²) >= 11 is 6.43. The Morgan fingerprint density at radius 1 is 1.10 bits per heavy atom. The Morgan fingerprint density at radius 3 is 2.36 bits per heavy atom. The van der Waals surface area contributed by atoms with Gasteiger partial charge in [-0.05, 0) is 48.0 Å². The lowest BCUT2D eigenvalue weighted by Crippen LogP contribution is -2.43. The fraction of sp³-hybridized carbons (Fsp3) is 0.433. The molecule has 3 N–H and O–H groups in total. The second-order valence-corrected chi connectivity index (χ2v) is 16.7. The largest absolute Gasteiger partial charge is 0.482 e. The Kier molecular flexibility index (Phi) is 10.8. The van der Waals surface area contributed by atoms with E-state index in [2.05, 4.69) is 44.5 Å². The normalized spacial score (nSPS) is 12.6. The summed E-state index contributed by atoms with van der Waals surface area (Å²) in [5.74, 6) is -0.880. The molecule has 0 unspecified atom stereocenters. The summed E-state index contributed by atoms with van der Waals surface area (Å²) in [6, 6.07) is 10.8. The van der Waals surface area contributed by atoms with Gasteiger partial charge in [0.15, 0.2) is 14.9 Å². The fourth-order valence-electron chi connectivity index (χ4n) is 4.01. The number of aryl methyl sites for hydroxylation is 1. The summed E-state index contributed by atoms with van der Waals surface area (Å²) in [5, 5.41) is 16.7. The van der Waals surface area contributed by atoms with Gasteiger partial charge in [0.1, 0.15) is 11.4 Å². The van der Waals surface area contributed by atoms with E-state index < -0.39 is 26.2 Å². The number of aromatic nitrogens is 1. The minimum Gasteiger partial charge on any atom is -0.482 e. The standard InChI is InChI=1S/C30H40ClN3O7Si/c1-30(2,3)42(6,7)41-13-12-32-27(36)18-40-26-16-24-21(14-22(26)31)15-25(34(24)4)28(37)33-23(17-35)19-8-10-20(11-9-19)29(38)39-5/h8-11,14-16,23,35H,12-13,17-18H2,1-7H3,(H,32,36)(H,33,37)/t23-/m1/s1. The van der Waals surface area contributed by atoms with Crippen LogP contribution in [0.4, 0.5) is 0 Å². The van der Waals surface area contributed by atoms with Gasteiger partial charge in [-0.3, -0.25) is 9.59 Å². The summed E-state index contributed by atoms with van der Waals surface area (Å²) in [5.41, 5.74) is 2.00. The van der Waals surface area contributed by atoms with Crippen LogP contribution in [0.2, 0.25) is 23.2 Å². The SMILES string of the molecule is COC(=O)c1ccc([C@@H](CO)NC(=O)c2cc3cc(Cl)c(OCC(=O)NCCO[Si](C)(C)C(C)(C)C)cc3n2C)cc1. The number of carbonyl (C=O) groups excluding carboxylic acids is 3. The molecule has 0 aliphatic carbocycles. The number of amides is 2. The van der Waals surface area contributed by atoms with Crippen molar-refractivity contribution in [2.24, 2.45) is 7.05 Å². The molecule has 2 aromatic carbocycles. The maximum absolute atomic E-state index is 13.2. The van der Waals surface area contributed by atoms with E-state index in [1.54, 1.807) is 54.1 Å². The molecule has 0 fully saturated rings. The van der Waals surface area contributed by atoms with Gasteiger partial charge < -0.3 is 34.2 Å². The molecular formula is C30H40ClN3O7Si. The molecule has 228 valence electrons. The highest BCUT2D eigenvalue weighted by molar-refractivity contribution is 6.74. The number of rotatable bonds is 12. The molecule has 0 bridgehead atoms. The molecule has 1 aromatic heterocycles. The summed E-state index contributed by atoms with van der Waals surface area (Å²) in [4.78, 5) is 37.2. The van der Waals surface area contributed by atoms with Crippen LogP contribution < -0.4 is 15.4 Å². The highest BCUT2D eigenvalue weighted by Crippen LogP contribution is 2.36. The fourth-order valence-corrected chi connectivity index (χ4v) is 5.28. The average molecular weight is 618 g/mol. The van der Waals surface area contributed by atoms with Gasteiger partial charge in [-0.15, -0.1) is 0 Å². The van der Waals surface area contributed by atoms with E-state index in [0.29, 0.717) is 51.6 Å². The number of fused-ring (bicyclic) bond motifs is 1. The van der Waals surface area contributed by atoms with Gasteiger partial charge in [-0.1, -0.05) is 44.5 Å². The lowest BCUT2D eigenvalue weighted by Gasteiger charge is -2.36. The Morgan fingerprint density at radius 2 is 1.76 bits per heavy atom. The van der Waals surface area contributed by atoms with Crippen molar-refractivity contribution < 1.29 is 33.4 Å². The van der Waals surface area contributed by atoms with Crippen molar-refractivity contribution in [1.29, 1.82) is 0 Å². The second-order valence-electron chi connectivity index (χ2n) is 11.5. The van der Waals surface area contributed by atoms with Crippen molar-refractivity contribution >= 4 is 48.6 Å². The quantitative estimate of drug-likeness (QED) is 0.154. The number of benzene rings is 2. The lowest BCUT2D eigenvalue weighted by atomic mass is 10.1. The van der Waals surface area contributed by atoms with E-state index in [-0.39, 0.29) is 24.2 Å². The number of aliphatic hydroxyl groups excluding tert-OH is 1. The molecule has 0 spiro atoms. The van der Waals surface area contributed by atoms with Crippen molar-refractivity contribution in [3.8, 4) is 5.75 Å². The Bertz CT molecular complexity index is 1430. The first kappa shape index (κ1) is 33.1. The van der Waals surface area contributed by atoms with Crippen molar-refractivity contribution in [1.82, 2.24) is 15.2 Å². The minimum absolute atomic E-state index is 0.0900. The highest BCUT2D eigenvalue weighted by atomic mass is 35.5. The van der Waals surface area contributed by atoms with Gasteiger partial charge in [0, 0.05) is 25.0 Å². The van der Waals surface area contributed by atoms with E-state index in [9.17, 15) is 19.5 Å². The first-order chi connectivity index (χ1) is 19.7. The van der Waals surface area contributed by atoms with Crippen molar-refractivity contribution in [3.63, 3.8) is 0 Å². The number of ether oxygens (including phenoxy) is 2. The smallest absolute Gasteiger partial charge is 0.337 e. The van der Waals surface area contributed by atoms with E-state index in [1.165, 1.54) is 7.11 Å². The summed E-state index contributed by atoms with van der Waals surface area (Å²) in [7, 11) is 1.13. The molecule has 3 rings (SSSR count). The van der Waals surface area contributed by atoms with Crippen LogP contribution in [0.15, 0.2) is 42.5 Å². The Labute approximate surface area is 252 Å². The molecule has 3 aromatic rings. The molecule has 1 atom stereocenters. The summed E-state index contributed by atoms with van der Waals surface area (Å²) in [6.07, 6.45) is 0. The maximum Gasteiger partial charge on any atom is 0.337 e. The minimum atomic E-state index is -1.89. The van der Waals surface area contributed by atoms with Gasteiger partial charge in [-0.2, -0.15) is 0 Å². The number of hydrogen-bond acceptors (Lipinski definition) is 7. The summed E-state index contributed by atoms with van der Waals surface area (Å²) < 4.78 is 18.2. The molecule has 42 heavy (non-hydrogen) atoms. The van der Waals surface area contributed by atoms with Gasteiger partial charge in [0.05, 0.1) is 42.5 Å². The van der Waals surface area contributed by atoms with Crippen LogP contribution in [0.3, 0.4) is 0 Å². The lowest BCUT2D eigenvalue weighted by molar-refractivity contribution is -0.123. The maximum atomic E-state index is 13.2. The molecule has 1 heterocycles. The van der Waals surface area contributed by atoms with Crippen LogP contribution in [0.5, 0.6) is 5.75 Å². The first-order valence-electron chi connectivity index (χ1n) is 13.6. The number of nitrogens with zero attached hydrogens (tertiary/aromatic N) is 1. The third-order valence-corrected chi connectivity index (χ3v) is 12.4. The summed E-state index contributed by atoms with van der Waals surface area (Å²) in [6.45, 7) is 11.0. The monoisotopic (exact) mass is 617 g/mol. The highest BCUT2D eigenvalue weighted by Gasteiger charge is 2.36. The van der Waals surface area contributed by atoms with E-state index in [1.807, 2.05) is 0 Å². The molecule has 0 saturated heterocycles. The molecular weight excluding hydrogens is 578 g/mol. The van der Waals surface area contributed by atoms with E-state index >= 15 is 0 Å². The number of aliphatic hydroxyl groups is 1. The molecule has 2 amide bonds. The third-order valence-electron chi connectivity index (χ3n) is 7.60. The zero-order chi connectivity index (χ0) is 31.2. The van der Waals surface area contributed by atoms with Gasteiger partial charge in [0.25, 0.3) is 11.8 Å². The Hall–Kier alpha value is -3.38. The van der Waals surface area contributed by atoms with Crippen LogP contribution in [-0.2, 0) is 21.0 Å². The van der Waals surface area contributed by atoms with Crippen LogP contribution in [0, 0.1) is 0 Å². The average Bonchev–Trinajstić information content (AvgIpc) is 3.26. The van der Waals surface area contributed by atoms with Gasteiger partial charge in [-0.25, -0.2) is 4.79 Å². The third kappa shape index (κ3) is 7.91. The molecule has 12 heteroatoms. The predicted octanol–water partition coefficient (Wildman–Crippen LogP) is 4.60. The topological polar surface area (TPSA) is 128 Å². The van der Waals surface area contributed by atoms with E-state index in [4.69, 9.17) is 25.5 Å². The molecule has 0 radical (unpaired) electrons. The molecule has 10 nitrogen and oxygen atoms in total. The molecule has 0 aliphatic rings. The van der Waals surface area contributed by atoms with E-state index in [0.717, 1.165) is 0 Å². The van der Waals surface area contributed by atoms with Crippen molar-refractivity contribution in [2.75, 3.05) is 33.5 Å². The van der Waals surface area contributed by atoms with Crippen LogP contribution in [0.25, 0.3) is 10.9 Å². The number of hydrogen-bond donors (Lipinski definition) is 3. The number of carbonyl (C=O) groups is 3. The number of nitrogens with one attached hydrogen (secondary N) is 2. The first-order valence-corrected chi connectivity index (χ1v) is 16.9. The van der Waals surface area contributed by atoms with Crippen LogP contribution in [-0.4, -0.2) is 69.2 Å². The zero-order valence-corrected chi connectivity index (χ0v) is 26.9. The number of methoxy groups -OCH3 is 1. The predicted molar refractivity (Wildman–Crippen MR) is 165 cm³/mol.